The van der Waals surface area contributed by atoms with E-state index in [2.05, 4.69) is 28.7 Å². The van der Waals surface area contributed by atoms with E-state index in [0.717, 1.165) is 33.6 Å². The smallest absolute Gasteiger partial charge is 0.271 e. The summed E-state index contributed by atoms with van der Waals surface area (Å²) in [6, 6.07) is 33.4. The maximum absolute atomic E-state index is 12.3. The lowest BCUT2D eigenvalue weighted by molar-refractivity contribution is 0.0955. The van der Waals surface area contributed by atoms with E-state index in [-0.39, 0.29) is 5.91 Å². The van der Waals surface area contributed by atoms with Crippen molar-refractivity contribution in [3.05, 3.63) is 125 Å². The van der Waals surface area contributed by atoms with Gasteiger partial charge >= 0.3 is 0 Å². The van der Waals surface area contributed by atoms with E-state index in [1.165, 1.54) is 0 Å². The van der Waals surface area contributed by atoms with Crippen molar-refractivity contribution in [1.29, 1.82) is 0 Å². The van der Waals surface area contributed by atoms with Crippen LogP contribution in [0.2, 0.25) is 0 Å². The molecule has 4 rings (SSSR count). The highest BCUT2D eigenvalue weighted by Gasteiger charge is 2.07. The molecule has 0 aromatic heterocycles. The van der Waals surface area contributed by atoms with Gasteiger partial charge in [-0.05, 0) is 41.8 Å². The highest BCUT2D eigenvalue weighted by Crippen LogP contribution is 2.30. The number of hydrogen-bond acceptors (Lipinski definition) is 3. The molecule has 1 amide bonds. The third-order valence-corrected chi connectivity index (χ3v) is 5.00. The quantitative estimate of drug-likeness (QED) is 0.294. The Labute approximate surface area is 188 Å². The number of hydrogen-bond donors (Lipinski definition) is 1. The summed E-state index contributed by atoms with van der Waals surface area (Å²) in [7, 11) is 0. The number of carbonyl (C=O) groups excluding carboxylic acids is 1. The van der Waals surface area contributed by atoms with E-state index in [1.807, 2.05) is 79.7 Å². The molecule has 1 N–H and O–H groups in total. The van der Waals surface area contributed by atoms with Gasteiger partial charge in [0.1, 0.15) is 12.4 Å². The van der Waals surface area contributed by atoms with Crippen LogP contribution in [0.4, 0.5) is 0 Å². The molecule has 4 heteroatoms. The number of nitrogens with zero attached hydrogens (tertiary/aromatic N) is 1. The third kappa shape index (κ3) is 5.49. The summed E-state index contributed by atoms with van der Waals surface area (Å²) >= 11 is 0. The molecular weight excluding hydrogens is 396 g/mol. The molecule has 4 nitrogen and oxygen atoms in total. The Kier molecular flexibility index (Phi) is 6.73. The number of benzene rings is 4. The van der Waals surface area contributed by atoms with E-state index in [4.69, 9.17) is 4.74 Å². The van der Waals surface area contributed by atoms with Crippen molar-refractivity contribution < 1.29 is 9.53 Å². The van der Waals surface area contributed by atoms with Crippen molar-refractivity contribution in [3.63, 3.8) is 0 Å². The minimum Gasteiger partial charge on any atom is -0.488 e. The second-order valence-electron chi connectivity index (χ2n) is 7.46. The number of ether oxygens (including phenoxy) is 1. The number of nitrogens with one attached hydrogen (secondary N) is 1. The predicted molar refractivity (Wildman–Crippen MR) is 129 cm³/mol. The molecule has 0 atom stereocenters. The maximum atomic E-state index is 12.3. The van der Waals surface area contributed by atoms with Gasteiger partial charge in [0.05, 0.1) is 6.21 Å². The third-order valence-electron chi connectivity index (χ3n) is 5.00. The molecule has 0 saturated heterocycles. The number of carbonyl (C=O) groups is 1. The van der Waals surface area contributed by atoms with Crippen LogP contribution in [-0.4, -0.2) is 12.1 Å². The standard InChI is InChI=1S/C28H24N2O2/c1-21-8-7-9-23(18-21)19-29-30-28(31)25-16-14-22(15-17-25)20-32-27-13-6-5-12-26(27)24-10-3-2-4-11-24/h2-19H,20H2,1H3,(H,30,31). The fraction of sp³-hybridized carbons (Fsp3) is 0.0714. The highest BCUT2D eigenvalue weighted by molar-refractivity contribution is 5.94. The molecule has 4 aromatic rings. The molecular formula is C28H24N2O2. The van der Waals surface area contributed by atoms with Crippen LogP contribution in [0.25, 0.3) is 11.1 Å². The van der Waals surface area contributed by atoms with Crippen molar-refractivity contribution in [1.82, 2.24) is 5.43 Å². The zero-order valence-corrected chi connectivity index (χ0v) is 17.9. The van der Waals surface area contributed by atoms with Crippen molar-refractivity contribution in [3.8, 4) is 16.9 Å². The second kappa shape index (κ2) is 10.2. The molecule has 0 aliphatic carbocycles. The first-order chi connectivity index (χ1) is 15.7. The van der Waals surface area contributed by atoms with Crippen LogP contribution in [0.3, 0.4) is 0 Å². The van der Waals surface area contributed by atoms with Crippen LogP contribution in [0, 0.1) is 6.92 Å². The van der Waals surface area contributed by atoms with E-state index in [0.29, 0.717) is 12.2 Å². The minimum atomic E-state index is -0.254. The fourth-order valence-electron chi connectivity index (χ4n) is 3.34. The monoisotopic (exact) mass is 420 g/mol. The van der Waals surface area contributed by atoms with Crippen LogP contribution >= 0.6 is 0 Å². The van der Waals surface area contributed by atoms with Crippen molar-refractivity contribution in [2.45, 2.75) is 13.5 Å². The van der Waals surface area contributed by atoms with Crippen molar-refractivity contribution >= 4 is 12.1 Å². The highest BCUT2D eigenvalue weighted by atomic mass is 16.5. The molecule has 0 aliphatic rings. The van der Waals surface area contributed by atoms with Crippen LogP contribution < -0.4 is 10.2 Å². The van der Waals surface area contributed by atoms with E-state index in [1.54, 1.807) is 18.3 Å². The first-order valence-electron chi connectivity index (χ1n) is 10.5. The average molecular weight is 421 g/mol. The fourth-order valence-corrected chi connectivity index (χ4v) is 3.34. The van der Waals surface area contributed by atoms with E-state index in [9.17, 15) is 4.79 Å². The molecule has 0 spiro atoms. The first kappa shape index (κ1) is 21.1. The summed E-state index contributed by atoms with van der Waals surface area (Å²) in [6.07, 6.45) is 1.64. The van der Waals surface area contributed by atoms with Gasteiger partial charge in [-0.1, -0.05) is 90.5 Å². The Hall–Kier alpha value is -4.18. The van der Waals surface area contributed by atoms with Crippen LogP contribution in [0.1, 0.15) is 27.0 Å². The lowest BCUT2D eigenvalue weighted by atomic mass is 10.0. The largest absolute Gasteiger partial charge is 0.488 e. The van der Waals surface area contributed by atoms with E-state index < -0.39 is 0 Å². The van der Waals surface area contributed by atoms with Gasteiger partial charge in [-0.3, -0.25) is 4.79 Å². The molecule has 0 unspecified atom stereocenters. The molecule has 32 heavy (non-hydrogen) atoms. The SMILES string of the molecule is Cc1cccc(C=NNC(=O)c2ccc(COc3ccccc3-c3ccccc3)cc2)c1. The number of para-hydroxylation sites is 1. The van der Waals surface area contributed by atoms with Gasteiger partial charge in [0.15, 0.2) is 0 Å². The predicted octanol–water partition coefficient (Wildman–Crippen LogP) is 6.00. The molecule has 0 aliphatic heterocycles. The molecule has 0 saturated carbocycles. The van der Waals surface area contributed by atoms with E-state index >= 15 is 0 Å². The number of hydrazone groups is 1. The number of amides is 1. The summed E-state index contributed by atoms with van der Waals surface area (Å²) < 4.78 is 6.08. The van der Waals surface area contributed by atoms with Gasteiger partial charge in [-0.15, -0.1) is 0 Å². The van der Waals surface area contributed by atoms with Crippen molar-refractivity contribution in [2.24, 2.45) is 5.10 Å². The number of aryl methyl sites for hydroxylation is 1. The maximum Gasteiger partial charge on any atom is 0.271 e. The van der Waals surface area contributed by atoms with Gasteiger partial charge in [0.2, 0.25) is 0 Å². The summed E-state index contributed by atoms with van der Waals surface area (Å²) in [5, 5.41) is 4.05. The van der Waals surface area contributed by atoms with Crippen LogP contribution in [0.5, 0.6) is 5.75 Å². The summed E-state index contributed by atoms with van der Waals surface area (Å²) in [4.78, 5) is 12.3. The molecule has 158 valence electrons. The zero-order chi connectivity index (χ0) is 22.2. The second-order valence-corrected chi connectivity index (χ2v) is 7.46. The Morgan fingerprint density at radius 1 is 0.875 bits per heavy atom. The molecule has 0 bridgehead atoms. The van der Waals surface area contributed by atoms with Crippen molar-refractivity contribution in [2.75, 3.05) is 0 Å². The molecule has 0 radical (unpaired) electrons. The molecule has 4 aromatic carbocycles. The molecule has 0 fully saturated rings. The lowest BCUT2D eigenvalue weighted by Gasteiger charge is -2.12. The summed E-state index contributed by atoms with van der Waals surface area (Å²) in [5.74, 6) is 0.571. The lowest BCUT2D eigenvalue weighted by Crippen LogP contribution is -2.17. The number of rotatable bonds is 7. The Bertz CT molecular complexity index is 1220. The average Bonchev–Trinajstić information content (AvgIpc) is 2.84. The van der Waals surface area contributed by atoms with Gasteiger partial charge in [-0.2, -0.15) is 5.10 Å². The van der Waals surface area contributed by atoms with Crippen LogP contribution in [-0.2, 0) is 6.61 Å². The Morgan fingerprint density at radius 2 is 1.62 bits per heavy atom. The van der Waals surface area contributed by atoms with Gasteiger partial charge in [0, 0.05) is 11.1 Å². The van der Waals surface area contributed by atoms with Crippen LogP contribution in [0.15, 0.2) is 108 Å². The first-order valence-corrected chi connectivity index (χ1v) is 10.5. The Balaban J connectivity index is 1.36. The van der Waals surface area contributed by atoms with Gasteiger partial charge in [-0.25, -0.2) is 5.43 Å². The summed E-state index contributed by atoms with van der Waals surface area (Å²) in [6.45, 7) is 2.43. The topological polar surface area (TPSA) is 50.7 Å². The zero-order valence-electron chi connectivity index (χ0n) is 17.9. The van der Waals surface area contributed by atoms with Gasteiger partial charge in [0.25, 0.3) is 5.91 Å². The normalized spacial score (nSPS) is 10.8. The molecule has 0 heterocycles. The Morgan fingerprint density at radius 3 is 2.41 bits per heavy atom. The minimum absolute atomic E-state index is 0.254. The summed E-state index contributed by atoms with van der Waals surface area (Å²) in [5.41, 5.74) is 8.34. The van der Waals surface area contributed by atoms with Gasteiger partial charge < -0.3 is 4.74 Å².